The molecule has 1 spiro atoms. The van der Waals surface area contributed by atoms with E-state index in [1.165, 1.54) is 38.5 Å². The number of rotatable bonds is 3. The van der Waals surface area contributed by atoms with Gasteiger partial charge in [-0.25, -0.2) is 4.79 Å². The summed E-state index contributed by atoms with van der Waals surface area (Å²) in [5, 5.41) is 2.86. The second-order valence-corrected chi connectivity index (χ2v) is 10.8. The first-order chi connectivity index (χ1) is 11.8. The van der Waals surface area contributed by atoms with Crippen molar-refractivity contribution in [3.63, 3.8) is 0 Å². The van der Waals surface area contributed by atoms with Gasteiger partial charge in [0.05, 0.1) is 6.61 Å². The number of benzene rings is 1. The predicted molar refractivity (Wildman–Crippen MR) is 101 cm³/mol. The van der Waals surface area contributed by atoms with Gasteiger partial charge in [-0.2, -0.15) is 0 Å². The molecule has 1 aromatic carbocycles. The summed E-state index contributed by atoms with van der Waals surface area (Å²) in [6.45, 7) is 5.61. The second kappa shape index (κ2) is 4.82. The van der Waals surface area contributed by atoms with E-state index in [9.17, 15) is 4.79 Å². The summed E-state index contributed by atoms with van der Waals surface area (Å²) in [5.41, 5.74) is 2.58. The van der Waals surface area contributed by atoms with Gasteiger partial charge >= 0.3 is 6.09 Å². The Morgan fingerprint density at radius 2 is 1.88 bits per heavy atom. The monoisotopic (exact) mass is 403 g/mol. The summed E-state index contributed by atoms with van der Waals surface area (Å²) in [4.78, 5) is 12.3. The van der Waals surface area contributed by atoms with Gasteiger partial charge in [0.1, 0.15) is 0 Å². The minimum Gasteiger partial charge on any atom is -0.449 e. The molecule has 5 rings (SSSR count). The molecule has 5 unspecified atom stereocenters. The van der Waals surface area contributed by atoms with Gasteiger partial charge < -0.3 is 4.74 Å². The van der Waals surface area contributed by atoms with E-state index in [0.29, 0.717) is 22.9 Å². The number of amides is 1. The SMILES string of the molecule is CC12CC3CC4(COC(=O)Nc5ccc(Br)cc5)CC(C)(C1)C2(C3)C4. The van der Waals surface area contributed by atoms with Crippen LogP contribution < -0.4 is 5.32 Å². The number of ether oxygens (including phenoxy) is 1. The Bertz CT molecular complexity index is 749. The largest absolute Gasteiger partial charge is 0.449 e. The third-order valence-corrected chi connectivity index (χ3v) is 8.76. The number of anilines is 1. The van der Waals surface area contributed by atoms with Gasteiger partial charge in [-0.3, -0.25) is 5.32 Å². The van der Waals surface area contributed by atoms with Crippen molar-refractivity contribution >= 4 is 27.7 Å². The number of fused-ring (bicyclic) bond motifs is 2. The number of hydrogen-bond donors (Lipinski definition) is 1. The Balaban J connectivity index is 1.28. The standard InChI is InChI=1S/C21H26BrNO2/c1-18-7-14-8-20(11-19(2,10-18)21(18,9-14)12-20)13-25-17(24)23-16-5-3-15(22)4-6-16/h3-6,14H,7-13H2,1-2H3,(H,23,24). The van der Waals surface area contributed by atoms with Crippen molar-refractivity contribution in [2.24, 2.45) is 27.6 Å². The zero-order chi connectivity index (χ0) is 17.5. The van der Waals surface area contributed by atoms with E-state index < -0.39 is 0 Å². The normalized spacial score (nSPS) is 45.8. The van der Waals surface area contributed by atoms with Crippen LogP contribution in [0.2, 0.25) is 0 Å². The molecule has 4 saturated carbocycles. The van der Waals surface area contributed by atoms with Gasteiger partial charge in [0.15, 0.2) is 0 Å². The first kappa shape index (κ1) is 16.2. The van der Waals surface area contributed by atoms with Crippen molar-refractivity contribution in [3.05, 3.63) is 28.7 Å². The molecule has 4 heteroatoms. The Labute approximate surface area is 158 Å². The highest BCUT2D eigenvalue weighted by atomic mass is 79.9. The highest BCUT2D eigenvalue weighted by Crippen LogP contribution is 2.88. The highest BCUT2D eigenvalue weighted by Gasteiger charge is 2.80. The molecular formula is C21H26BrNO2. The zero-order valence-corrected chi connectivity index (χ0v) is 16.6. The molecule has 0 saturated heterocycles. The molecule has 3 nitrogen and oxygen atoms in total. The van der Waals surface area contributed by atoms with Crippen LogP contribution in [0.15, 0.2) is 28.7 Å². The van der Waals surface area contributed by atoms with E-state index >= 15 is 0 Å². The number of carbonyl (C=O) groups excluding carboxylic acids is 1. The summed E-state index contributed by atoms with van der Waals surface area (Å²) in [6.07, 6.45) is 7.66. The van der Waals surface area contributed by atoms with Gasteiger partial charge in [-0.05, 0) is 85.0 Å². The lowest BCUT2D eigenvalue weighted by molar-refractivity contribution is -0.157. The van der Waals surface area contributed by atoms with Crippen LogP contribution in [0.1, 0.15) is 52.4 Å². The molecule has 5 atom stereocenters. The molecule has 4 aliphatic rings. The summed E-state index contributed by atoms with van der Waals surface area (Å²) in [6, 6.07) is 7.60. The Morgan fingerprint density at radius 1 is 1.12 bits per heavy atom. The molecule has 3 bridgehead atoms. The van der Waals surface area contributed by atoms with Crippen molar-refractivity contribution in [2.75, 3.05) is 11.9 Å². The molecule has 134 valence electrons. The van der Waals surface area contributed by atoms with E-state index in [2.05, 4.69) is 35.1 Å². The minimum atomic E-state index is -0.320. The van der Waals surface area contributed by atoms with Crippen LogP contribution in [0.4, 0.5) is 10.5 Å². The number of hydrogen-bond acceptors (Lipinski definition) is 2. The van der Waals surface area contributed by atoms with Crippen LogP contribution in [0, 0.1) is 27.6 Å². The van der Waals surface area contributed by atoms with E-state index in [1.54, 1.807) is 0 Å². The van der Waals surface area contributed by atoms with Crippen LogP contribution in [0.5, 0.6) is 0 Å². The zero-order valence-electron chi connectivity index (χ0n) is 15.0. The smallest absolute Gasteiger partial charge is 0.411 e. The van der Waals surface area contributed by atoms with Crippen molar-refractivity contribution in [2.45, 2.75) is 52.4 Å². The maximum Gasteiger partial charge on any atom is 0.411 e. The molecule has 0 aliphatic heterocycles. The molecule has 0 aromatic heterocycles. The van der Waals surface area contributed by atoms with Gasteiger partial charge in [0, 0.05) is 15.6 Å². The topological polar surface area (TPSA) is 38.3 Å². The second-order valence-electron chi connectivity index (χ2n) is 9.92. The van der Waals surface area contributed by atoms with Gasteiger partial charge in [-0.15, -0.1) is 0 Å². The number of carbonyl (C=O) groups is 1. The molecular weight excluding hydrogens is 378 g/mol. The van der Waals surface area contributed by atoms with Crippen molar-refractivity contribution in [1.82, 2.24) is 0 Å². The fourth-order valence-corrected chi connectivity index (χ4v) is 8.28. The van der Waals surface area contributed by atoms with E-state index in [1.807, 2.05) is 24.3 Å². The third-order valence-electron chi connectivity index (χ3n) is 8.23. The molecule has 0 heterocycles. The van der Waals surface area contributed by atoms with Crippen molar-refractivity contribution in [1.29, 1.82) is 0 Å². The molecule has 1 amide bonds. The molecule has 1 aromatic rings. The van der Waals surface area contributed by atoms with Crippen molar-refractivity contribution < 1.29 is 9.53 Å². The van der Waals surface area contributed by atoms with Crippen LogP contribution in [-0.4, -0.2) is 12.7 Å². The van der Waals surface area contributed by atoms with Gasteiger partial charge in [0.25, 0.3) is 0 Å². The van der Waals surface area contributed by atoms with E-state index in [0.717, 1.165) is 16.1 Å². The summed E-state index contributed by atoms with van der Waals surface area (Å²) in [5.74, 6) is 0.848. The molecule has 0 radical (unpaired) electrons. The number of halogens is 1. The van der Waals surface area contributed by atoms with E-state index in [-0.39, 0.29) is 11.5 Å². The van der Waals surface area contributed by atoms with Crippen LogP contribution in [0.3, 0.4) is 0 Å². The molecule has 4 fully saturated rings. The summed E-state index contributed by atoms with van der Waals surface area (Å²) >= 11 is 3.41. The fraction of sp³-hybridized carbons (Fsp3) is 0.667. The lowest BCUT2D eigenvalue weighted by atomic mass is 9.40. The van der Waals surface area contributed by atoms with Gasteiger partial charge in [-0.1, -0.05) is 29.8 Å². The number of nitrogens with one attached hydrogen (secondary N) is 1. The summed E-state index contributed by atoms with van der Waals surface area (Å²) < 4.78 is 6.74. The lowest BCUT2D eigenvalue weighted by Gasteiger charge is -2.64. The third kappa shape index (κ3) is 2.06. The Hall–Kier alpha value is -1.03. The van der Waals surface area contributed by atoms with Gasteiger partial charge in [0.2, 0.25) is 0 Å². The summed E-state index contributed by atoms with van der Waals surface area (Å²) in [7, 11) is 0. The molecule has 4 aliphatic carbocycles. The Morgan fingerprint density at radius 3 is 2.64 bits per heavy atom. The maximum atomic E-state index is 12.3. The van der Waals surface area contributed by atoms with Crippen LogP contribution in [-0.2, 0) is 4.74 Å². The molecule has 25 heavy (non-hydrogen) atoms. The Kier molecular flexibility index (Phi) is 3.12. The fourth-order valence-electron chi connectivity index (χ4n) is 8.01. The first-order valence-electron chi connectivity index (χ1n) is 9.47. The van der Waals surface area contributed by atoms with Crippen molar-refractivity contribution in [3.8, 4) is 0 Å². The molecule has 1 N–H and O–H groups in total. The van der Waals surface area contributed by atoms with Crippen LogP contribution in [0.25, 0.3) is 0 Å². The maximum absolute atomic E-state index is 12.3. The van der Waals surface area contributed by atoms with Crippen LogP contribution >= 0.6 is 15.9 Å². The van der Waals surface area contributed by atoms with E-state index in [4.69, 9.17) is 4.74 Å². The average Bonchev–Trinajstić information content (AvgIpc) is 2.80. The predicted octanol–water partition coefficient (Wildman–Crippen LogP) is 5.99. The minimum absolute atomic E-state index is 0.225. The first-order valence-corrected chi connectivity index (χ1v) is 10.3. The quantitative estimate of drug-likeness (QED) is 0.672. The lowest BCUT2D eigenvalue weighted by Crippen LogP contribution is -2.57. The highest BCUT2D eigenvalue weighted by molar-refractivity contribution is 9.10. The average molecular weight is 404 g/mol.